The van der Waals surface area contributed by atoms with Crippen LogP contribution in [-0.4, -0.2) is 30.7 Å². The number of carbonyl (C=O) groups is 3. The molecule has 0 atom stereocenters. The van der Waals surface area contributed by atoms with Gasteiger partial charge in [-0.15, -0.1) is 0 Å². The fraction of sp³-hybridized carbons (Fsp3) is 0.400. The Morgan fingerprint density at radius 2 is 1.85 bits per heavy atom. The molecule has 2 heterocycles. The molecule has 0 spiro atoms. The normalized spacial score (nSPS) is 19.4. The molecule has 2 aliphatic heterocycles. The predicted molar refractivity (Wildman–Crippen MR) is 74.7 cm³/mol. The fourth-order valence-electron chi connectivity index (χ4n) is 2.83. The largest absolute Gasteiger partial charge is 0.312 e. The summed E-state index contributed by atoms with van der Waals surface area (Å²) in [6.45, 7) is 2.83. The van der Waals surface area contributed by atoms with Crippen LogP contribution in [0.25, 0.3) is 0 Å². The number of anilines is 2. The van der Waals surface area contributed by atoms with E-state index in [4.69, 9.17) is 0 Å². The van der Waals surface area contributed by atoms with Crippen LogP contribution in [0.4, 0.5) is 11.4 Å². The van der Waals surface area contributed by atoms with Crippen molar-refractivity contribution in [3.63, 3.8) is 0 Å². The minimum atomic E-state index is -0.153. The van der Waals surface area contributed by atoms with Gasteiger partial charge < -0.3 is 9.80 Å². The smallest absolute Gasteiger partial charge is 0.234 e. The molecular formula is C15H16N2O3. The summed E-state index contributed by atoms with van der Waals surface area (Å²) in [6, 6.07) is 5.55. The minimum absolute atomic E-state index is 0.00852. The first-order valence-corrected chi connectivity index (χ1v) is 6.79. The topological polar surface area (TPSA) is 57.7 Å². The lowest BCUT2D eigenvalue weighted by atomic mass is 10.1. The predicted octanol–water partition coefficient (Wildman–Crippen LogP) is 1.43. The molecule has 0 unspecified atom stereocenters. The van der Waals surface area contributed by atoms with Gasteiger partial charge in [0.2, 0.25) is 11.8 Å². The third-order valence-electron chi connectivity index (χ3n) is 3.84. The van der Waals surface area contributed by atoms with Crippen molar-refractivity contribution in [1.29, 1.82) is 0 Å². The Morgan fingerprint density at radius 1 is 1.05 bits per heavy atom. The molecule has 5 nitrogen and oxygen atoms in total. The number of amides is 2. The molecule has 0 radical (unpaired) electrons. The van der Waals surface area contributed by atoms with Gasteiger partial charge in [-0.25, -0.2) is 0 Å². The molecule has 0 bridgehead atoms. The van der Waals surface area contributed by atoms with Crippen LogP contribution in [-0.2, 0) is 14.4 Å². The van der Waals surface area contributed by atoms with Crippen molar-refractivity contribution in [3.8, 4) is 0 Å². The summed E-state index contributed by atoms with van der Waals surface area (Å²) in [4.78, 5) is 38.1. The number of carbonyl (C=O) groups excluding carboxylic acids is 3. The molecule has 0 aromatic heterocycles. The zero-order valence-corrected chi connectivity index (χ0v) is 11.4. The van der Waals surface area contributed by atoms with E-state index in [-0.39, 0.29) is 30.6 Å². The Hall–Kier alpha value is -2.17. The second-order valence-corrected chi connectivity index (χ2v) is 5.32. The molecule has 2 saturated heterocycles. The van der Waals surface area contributed by atoms with Crippen molar-refractivity contribution < 1.29 is 14.4 Å². The average molecular weight is 272 g/mol. The van der Waals surface area contributed by atoms with Gasteiger partial charge in [0.05, 0.1) is 13.0 Å². The summed E-state index contributed by atoms with van der Waals surface area (Å²) in [5.41, 5.74) is 2.58. The van der Waals surface area contributed by atoms with Crippen LogP contribution in [0.15, 0.2) is 18.2 Å². The van der Waals surface area contributed by atoms with Crippen molar-refractivity contribution in [2.45, 2.75) is 26.2 Å². The maximum absolute atomic E-state index is 11.8. The Kier molecular flexibility index (Phi) is 3.04. The summed E-state index contributed by atoms with van der Waals surface area (Å²) in [5, 5.41) is 0. The molecule has 2 amide bonds. The van der Waals surface area contributed by atoms with E-state index in [2.05, 4.69) is 0 Å². The summed E-state index contributed by atoms with van der Waals surface area (Å²) < 4.78 is 0. The van der Waals surface area contributed by atoms with Crippen molar-refractivity contribution in [2.24, 2.45) is 0 Å². The second-order valence-electron chi connectivity index (χ2n) is 5.32. The number of hydrogen-bond donors (Lipinski definition) is 0. The van der Waals surface area contributed by atoms with E-state index in [1.54, 1.807) is 4.90 Å². The maximum Gasteiger partial charge on any atom is 0.234 e. The van der Waals surface area contributed by atoms with Crippen molar-refractivity contribution in [3.05, 3.63) is 23.8 Å². The molecule has 20 heavy (non-hydrogen) atoms. The van der Waals surface area contributed by atoms with E-state index in [1.165, 1.54) is 4.90 Å². The summed E-state index contributed by atoms with van der Waals surface area (Å²) >= 11 is 0. The van der Waals surface area contributed by atoms with E-state index >= 15 is 0 Å². The van der Waals surface area contributed by atoms with Crippen LogP contribution < -0.4 is 9.80 Å². The molecule has 1 aromatic rings. The Labute approximate surface area is 117 Å². The van der Waals surface area contributed by atoms with Crippen molar-refractivity contribution in [2.75, 3.05) is 22.9 Å². The molecule has 0 aliphatic carbocycles. The van der Waals surface area contributed by atoms with Gasteiger partial charge in [0.15, 0.2) is 5.78 Å². The number of aryl methyl sites for hydroxylation is 1. The average Bonchev–Trinajstić information content (AvgIpc) is 2.95. The lowest BCUT2D eigenvalue weighted by molar-refractivity contribution is -0.121. The minimum Gasteiger partial charge on any atom is -0.312 e. The van der Waals surface area contributed by atoms with E-state index in [0.717, 1.165) is 29.9 Å². The van der Waals surface area contributed by atoms with Gasteiger partial charge in [0.1, 0.15) is 0 Å². The molecule has 2 fully saturated rings. The third-order valence-corrected chi connectivity index (χ3v) is 3.84. The molecule has 0 N–H and O–H groups in total. The number of hydrogen-bond acceptors (Lipinski definition) is 3. The Bertz CT molecular complexity index is 609. The van der Waals surface area contributed by atoms with Gasteiger partial charge in [-0.2, -0.15) is 0 Å². The highest BCUT2D eigenvalue weighted by atomic mass is 16.2. The number of Topliss-reactive ketones (excluding diaryl/α,β-unsaturated/α-hetero) is 1. The van der Waals surface area contributed by atoms with Gasteiger partial charge in [-0.1, -0.05) is 0 Å². The van der Waals surface area contributed by atoms with Crippen LogP contribution >= 0.6 is 0 Å². The number of rotatable bonds is 2. The van der Waals surface area contributed by atoms with E-state index in [9.17, 15) is 14.4 Å². The van der Waals surface area contributed by atoms with Crippen LogP contribution in [0.1, 0.15) is 24.8 Å². The van der Waals surface area contributed by atoms with E-state index < -0.39 is 0 Å². The van der Waals surface area contributed by atoms with E-state index in [0.29, 0.717) is 6.42 Å². The van der Waals surface area contributed by atoms with Crippen molar-refractivity contribution >= 4 is 29.0 Å². The summed E-state index contributed by atoms with van der Waals surface area (Å²) in [6.07, 6.45) is 1.48. The zero-order valence-electron chi connectivity index (χ0n) is 11.4. The second kappa shape index (κ2) is 4.74. The van der Waals surface area contributed by atoms with Gasteiger partial charge in [0.25, 0.3) is 0 Å². The van der Waals surface area contributed by atoms with E-state index in [1.807, 2.05) is 25.1 Å². The highest BCUT2D eigenvalue weighted by molar-refractivity contribution is 6.15. The van der Waals surface area contributed by atoms with Crippen LogP contribution in [0, 0.1) is 6.92 Å². The molecule has 0 saturated carbocycles. The van der Waals surface area contributed by atoms with Crippen LogP contribution in [0.5, 0.6) is 0 Å². The molecule has 104 valence electrons. The van der Waals surface area contributed by atoms with Gasteiger partial charge >= 0.3 is 0 Å². The summed E-state index contributed by atoms with van der Waals surface area (Å²) in [5.74, 6) is -0.0564. The highest BCUT2D eigenvalue weighted by Gasteiger charge is 2.29. The lowest BCUT2D eigenvalue weighted by Gasteiger charge is -2.21. The number of nitrogens with zero attached hydrogens (tertiary/aromatic N) is 2. The van der Waals surface area contributed by atoms with Crippen molar-refractivity contribution in [1.82, 2.24) is 0 Å². The van der Waals surface area contributed by atoms with Gasteiger partial charge in [-0.05, 0) is 37.1 Å². The Balaban J connectivity index is 1.90. The van der Waals surface area contributed by atoms with Crippen LogP contribution in [0.3, 0.4) is 0 Å². The fourth-order valence-corrected chi connectivity index (χ4v) is 2.83. The molecule has 2 aliphatic rings. The Morgan fingerprint density at radius 3 is 2.40 bits per heavy atom. The third kappa shape index (κ3) is 2.09. The maximum atomic E-state index is 11.8. The molecule has 1 aromatic carbocycles. The molecule has 5 heteroatoms. The lowest BCUT2D eigenvalue weighted by Crippen LogP contribution is -2.26. The molecular weight excluding hydrogens is 256 g/mol. The summed E-state index contributed by atoms with van der Waals surface area (Å²) in [7, 11) is 0. The number of ketones is 1. The standard InChI is InChI=1S/C15H16N2O3/c1-10-7-11(17-9-12(18)8-15(17)20)4-5-13(10)16-6-2-3-14(16)19/h4-5,7H,2-3,6,8-9H2,1H3. The zero-order chi connectivity index (χ0) is 14.3. The number of benzene rings is 1. The first-order chi connectivity index (χ1) is 9.56. The van der Waals surface area contributed by atoms with Gasteiger partial charge in [0, 0.05) is 24.3 Å². The first kappa shape index (κ1) is 12.8. The molecule has 3 rings (SSSR count). The highest BCUT2D eigenvalue weighted by Crippen LogP contribution is 2.30. The monoisotopic (exact) mass is 272 g/mol. The van der Waals surface area contributed by atoms with Gasteiger partial charge in [-0.3, -0.25) is 14.4 Å². The first-order valence-electron chi connectivity index (χ1n) is 6.79. The van der Waals surface area contributed by atoms with Crippen LogP contribution in [0.2, 0.25) is 0 Å². The SMILES string of the molecule is Cc1cc(N2CC(=O)CC2=O)ccc1N1CCCC1=O. The quantitative estimate of drug-likeness (QED) is 0.765.